The second-order valence-corrected chi connectivity index (χ2v) is 16.2. The van der Waals surface area contributed by atoms with Crippen LogP contribution in [0.4, 0.5) is 34.1 Å². The molecule has 9 aromatic carbocycles. The SMILES string of the molecule is C=Cc1c(/C=C\C)n(-c2cccc(-n3c4ccccc4c4ccc(N(c5ccccc5)c5ccc(-c6ccccc6)cc5)cc43)c2)c2cc(N(c3ccccc3)c3ccccc3)ccc12. The molecule has 0 aliphatic rings. The molecule has 4 heteroatoms. The van der Waals surface area contributed by atoms with Gasteiger partial charge in [-0.1, -0.05) is 152 Å². The molecule has 65 heavy (non-hydrogen) atoms. The van der Waals surface area contributed by atoms with Crippen molar-refractivity contribution < 1.29 is 0 Å². The summed E-state index contributed by atoms with van der Waals surface area (Å²) in [5.41, 5.74) is 16.6. The van der Waals surface area contributed by atoms with Crippen molar-refractivity contribution >= 4 is 79.0 Å². The van der Waals surface area contributed by atoms with Crippen LogP contribution in [-0.4, -0.2) is 9.13 Å². The summed E-state index contributed by atoms with van der Waals surface area (Å²) >= 11 is 0. The molecule has 0 atom stereocenters. The summed E-state index contributed by atoms with van der Waals surface area (Å²) in [5, 5.41) is 3.55. The lowest BCUT2D eigenvalue weighted by Gasteiger charge is -2.26. The van der Waals surface area contributed by atoms with E-state index in [0.29, 0.717) is 0 Å². The van der Waals surface area contributed by atoms with Crippen molar-refractivity contribution in [1.29, 1.82) is 0 Å². The number of aromatic nitrogens is 2. The Bertz CT molecular complexity index is 3450. The summed E-state index contributed by atoms with van der Waals surface area (Å²) in [6.45, 7) is 6.41. The molecule has 0 aliphatic heterocycles. The lowest BCUT2D eigenvalue weighted by molar-refractivity contribution is 1.09. The van der Waals surface area contributed by atoms with Crippen LogP contribution in [0.1, 0.15) is 18.2 Å². The average Bonchev–Trinajstić information content (AvgIpc) is 3.87. The second kappa shape index (κ2) is 16.9. The van der Waals surface area contributed by atoms with Gasteiger partial charge in [0.05, 0.1) is 22.2 Å². The van der Waals surface area contributed by atoms with E-state index in [1.165, 1.54) is 21.9 Å². The highest BCUT2D eigenvalue weighted by Gasteiger charge is 2.21. The topological polar surface area (TPSA) is 16.3 Å². The van der Waals surface area contributed by atoms with Crippen LogP contribution in [0.15, 0.2) is 243 Å². The fraction of sp³-hybridized carbons (Fsp3) is 0.0164. The van der Waals surface area contributed by atoms with Gasteiger partial charge in [0, 0.05) is 67.2 Å². The Morgan fingerprint density at radius 2 is 0.815 bits per heavy atom. The van der Waals surface area contributed by atoms with Crippen LogP contribution in [0.3, 0.4) is 0 Å². The van der Waals surface area contributed by atoms with Crippen LogP contribution < -0.4 is 9.80 Å². The highest BCUT2D eigenvalue weighted by molar-refractivity contribution is 6.10. The molecule has 0 unspecified atom stereocenters. The number of anilines is 6. The van der Waals surface area contributed by atoms with Gasteiger partial charge < -0.3 is 18.9 Å². The van der Waals surface area contributed by atoms with Gasteiger partial charge in [-0.05, 0) is 121 Å². The number of hydrogen-bond acceptors (Lipinski definition) is 2. The first-order valence-corrected chi connectivity index (χ1v) is 22.2. The molecule has 0 radical (unpaired) electrons. The van der Waals surface area contributed by atoms with Crippen molar-refractivity contribution in [3.63, 3.8) is 0 Å². The van der Waals surface area contributed by atoms with Gasteiger partial charge in [-0.3, -0.25) is 0 Å². The van der Waals surface area contributed by atoms with Crippen LogP contribution in [0, 0.1) is 0 Å². The molecule has 2 aromatic heterocycles. The van der Waals surface area contributed by atoms with Crippen molar-refractivity contribution in [1.82, 2.24) is 9.13 Å². The summed E-state index contributed by atoms with van der Waals surface area (Å²) < 4.78 is 4.82. The molecular formula is C61H46N4. The number of benzene rings is 9. The Labute approximate surface area is 380 Å². The van der Waals surface area contributed by atoms with Crippen LogP contribution in [0.25, 0.3) is 67.4 Å². The minimum absolute atomic E-state index is 1.06. The summed E-state index contributed by atoms with van der Waals surface area (Å²) in [7, 11) is 0. The molecule has 4 nitrogen and oxygen atoms in total. The monoisotopic (exact) mass is 834 g/mol. The highest BCUT2D eigenvalue weighted by atomic mass is 15.2. The number of fused-ring (bicyclic) bond motifs is 4. The Morgan fingerprint density at radius 3 is 1.38 bits per heavy atom. The zero-order chi connectivity index (χ0) is 43.7. The first-order valence-electron chi connectivity index (χ1n) is 22.2. The zero-order valence-electron chi connectivity index (χ0n) is 36.2. The lowest BCUT2D eigenvalue weighted by Crippen LogP contribution is -2.10. The summed E-state index contributed by atoms with van der Waals surface area (Å²) in [6, 6.07) is 82.7. The van der Waals surface area contributed by atoms with E-state index in [9.17, 15) is 0 Å². The Morgan fingerprint density at radius 1 is 0.369 bits per heavy atom. The summed E-state index contributed by atoms with van der Waals surface area (Å²) in [5.74, 6) is 0. The smallest absolute Gasteiger partial charge is 0.0561 e. The number of rotatable bonds is 11. The molecule has 11 aromatic rings. The van der Waals surface area contributed by atoms with Crippen LogP contribution in [0.2, 0.25) is 0 Å². The molecule has 2 heterocycles. The van der Waals surface area contributed by atoms with Crippen LogP contribution in [0.5, 0.6) is 0 Å². The van der Waals surface area contributed by atoms with Crippen molar-refractivity contribution in [2.24, 2.45) is 0 Å². The molecule has 0 N–H and O–H groups in total. The normalized spacial score (nSPS) is 11.5. The maximum Gasteiger partial charge on any atom is 0.0561 e. The van der Waals surface area contributed by atoms with Gasteiger partial charge in [-0.15, -0.1) is 0 Å². The third kappa shape index (κ3) is 7.08. The molecular weight excluding hydrogens is 789 g/mol. The molecule has 0 saturated carbocycles. The van der Waals surface area contributed by atoms with Gasteiger partial charge in [-0.25, -0.2) is 0 Å². The molecule has 0 aliphatic carbocycles. The van der Waals surface area contributed by atoms with E-state index in [2.05, 4.69) is 275 Å². The van der Waals surface area contributed by atoms with Crippen LogP contribution >= 0.6 is 0 Å². The van der Waals surface area contributed by atoms with Gasteiger partial charge >= 0.3 is 0 Å². The number of hydrogen-bond donors (Lipinski definition) is 0. The van der Waals surface area contributed by atoms with E-state index in [-0.39, 0.29) is 0 Å². The fourth-order valence-electron chi connectivity index (χ4n) is 9.48. The first-order chi connectivity index (χ1) is 32.2. The first kappa shape index (κ1) is 39.3. The van der Waals surface area contributed by atoms with Gasteiger partial charge in [0.2, 0.25) is 0 Å². The van der Waals surface area contributed by atoms with Gasteiger partial charge in [-0.2, -0.15) is 0 Å². The minimum atomic E-state index is 1.06. The third-order valence-electron chi connectivity index (χ3n) is 12.4. The number of nitrogens with zero attached hydrogens (tertiary/aromatic N) is 4. The fourth-order valence-corrected chi connectivity index (χ4v) is 9.48. The van der Waals surface area contributed by atoms with E-state index >= 15 is 0 Å². The Balaban J connectivity index is 1.09. The van der Waals surface area contributed by atoms with Crippen molar-refractivity contribution in [2.45, 2.75) is 6.92 Å². The molecule has 0 bridgehead atoms. The Hall–Kier alpha value is -8.60. The third-order valence-corrected chi connectivity index (χ3v) is 12.4. The number of allylic oxidation sites excluding steroid dienone is 1. The van der Waals surface area contributed by atoms with Gasteiger partial charge in [0.15, 0.2) is 0 Å². The van der Waals surface area contributed by atoms with Crippen molar-refractivity contribution in [3.05, 3.63) is 254 Å². The van der Waals surface area contributed by atoms with E-state index < -0.39 is 0 Å². The van der Waals surface area contributed by atoms with E-state index in [1.807, 2.05) is 6.08 Å². The van der Waals surface area contributed by atoms with E-state index in [0.717, 1.165) is 78.7 Å². The van der Waals surface area contributed by atoms with E-state index in [4.69, 9.17) is 0 Å². The summed E-state index contributed by atoms with van der Waals surface area (Å²) in [4.78, 5) is 4.67. The minimum Gasteiger partial charge on any atom is -0.310 e. The largest absolute Gasteiger partial charge is 0.310 e. The molecule has 310 valence electrons. The average molecular weight is 835 g/mol. The maximum absolute atomic E-state index is 4.33. The Kier molecular flexibility index (Phi) is 10.2. The molecule has 11 rings (SSSR count). The number of para-hydroxylation sites is 4. The lowest BCUT2D eigenvalue weighted by atomic mass is 10.0. The second-order valence-electron chi connectivity index (χ2n) is 16.2. The molecule has 0 amide bonds. The van der Waals surface area contributed by atoms with E-state index in [1.54, 1.807) is 0 Å². The molecule has 0 fully saturated rings. The van der Waals surface area contributed by atoms with Gasteiger partial charge in [0.25, 0.3) is 0 Å². The predicted octanol–water partition coefficient (Wildman–Crippen LogP) is 17.0. The quantitative estimate of drug-likeness (QED) is 0.129. The molecule has 0 spiro atoms. The molecule has 0 saturated heterocycles. The van der Waals surface area contributed by atoms with Crippen molar-refractivity contribution in [3.8, 4) is 22.5 Å². The maximum atomic E-state index is 4.33. The standard InChI is InChI=1S/C61H46N4/c1-3-20-58-54(4-2)56-39-37-52(62(46-23-11-6-12-24-46)47-25-13-7-14-26-47)42-60(56)64(58)50-29-19-30-51(41-50)65-59-32-18-17-31-55(59)57-40-38-53(43-61(57)65)63(48-27-15-8-16-28-48)49-35-33-45(34-36-49)44-21-9-5-10-22-44/h3-43H,2H2,1H3/b20-3-. The zero-order valence-corrected chi connectivity index (χ0v) is 36.2. The van der Waals surface area contributed by atoms with Crippen LogP contribution in [-0.2, 0) is 0 Å². The summed E-state index contributed by atoms with van der Waals surface area (Å²) in [6.07, 6.45) is 6.31. The van der Waals surface area contributed by atoms with Gasteiger partial charge in [0.1, 0.15) is 0 Å². The highest BCUT2D eigenvalue weighted by Crippen LogP contribution is 2.42. The predicted molar refractivity (Wildman–Crippen MR) is 277 cm³/mol. The van der Waals surface area contributed by atoms with Crippen molar-refractivity contribution in [2.75, 3.05) is 9.80 Å².